The molecular formula is C17H14ClFN2O3S. The predicted molar refractivity (Wildman–Crippen MR) is 90.9 cm³/mol. The minimum atomic E-state index is -4.25. The van der Waals surface area contributed by atoms with Crippen LogP contribution in [0, 0.1) is 17.1 Å². The van der Waals surface area contributed by atoms with Gasteiger partial charge in [-0.05, 0) is 42.3 Å². The van der Waals surface area contributed by atoms with Gasteiger partial charge in [-0.3, -0.25) is 4.79 Å². The Hall–Kier alpha value is -2.43. The van der Waals surface area contributed by atoms with E-state index >= 15 is 0 Å². The first-order valence-corrected chi connectivity index (χ1v) is 9.16. The van der Waals surface area contributed by atoms with Gasteiger partial charge in [-0.2, -0.15) is 5.26 Å². The molecule has 0 saturated carbocycles. The quantitative estimate of drug-likeness (QED) is 0.861. The molecule has 25 heavy (non-hydrogen) atoms. The molecule has 0 radical (unpaired) electrons. The van der Waals surface area contributed by atoms with Gasteiger partial charge in [-0.1, -0.05) is 30.7 Å². The maximum absolute atomic E-state index is 13.0. The van der Waals surface area contributed by atoms with Crippen LogP contribution in [0.25, 0.3) is 0 Å². The predicted octanol–water partition coefficient (Wildman–Crippen LogP) is 3.35. The molecule has 0 saturated heterocycles. The third-order valence-corrected chi connectivity index (χ3v) is 5.22. The van der Waals surface area contributed by atoms with Crippen molar-refractivity contribution in [3.63, 3.8) is 0 Å². The molecule has 1 atom stereocenters. The highest BCUT2D eigenvalue weighted by Crippen LogP contribution is 2.23. The van der Waals surface area contributed by atoms with E-state index in [0.717, 1.165) is 6.07 Å². The van der Waals surface area contributed by atoms with E-state index in [1.807, 2.05) is 4.72 Å². The van der Waals surface area contributed by atoms with Crippen LogP contribution in [0.5, 0.6) is 0 Å². The zero-order valence-corrected chi connectivity index (χ0v) is 14.7. The number of hydrogen-bond donors (Lipinski definition) is 1. The number of amides is 1. The number of nitriles is 1. The molecule has 0 aliphatic heterocycles. The number of hydrogen-bond acceptors (Lipinski definition) is 4. The SMILES string of the molecule is CC[C@H](C(=O)NS(=O)(=O)c1ccc(Cl)cc1C#N)c1ccc(F)cc1. The van der Waals surface area contributed by atoms with E-state index < -0.39 is 27.7 Å². The van der Waals surface area contributed by atoms with Crippen LogP contribution in [-0.2, 0) is 14.8 Å². The maximum atomic E-state index is 13.0. The van der Waals surface area contributed by atoms with Gasteiger partial charge < -0.3 is 0 Å². The van der Waals surface area contributed by atoms with Crippen molar-refractivity contribution < 1.29 is 17.6 Å². The van der Waals surface area contributed by atoms with Crippen LogP contribution < -0.4 is 4.72 Å². The number of sulfonamides is 1. The second kappa shape index (κ2) is 7.64. The molecule has 2 rings (SSSR count). The van der Waals surface area contributed by atoms with E-state index in [4.69, 9.17) is 16.9 Å². The van der Waals surface area contributed by atoms with Gasteiger partial charge in [0.05, 0.1) is 11.5 Å². The van der Waals surface area contributed by atoms with Gasteiger partial charge in [0.2, 0.25) is 5.91 Å². The largest absolute Gasteiger partial charge is 0.273 e. The van der Waals surface area contributed by atoms with E-state index in [1.165, 1.54) is 36.4 Å². The number of nitrogens with one attached hydrogen (secondary N) is 1. The number of halogens is 2. The highest BCUT2D eigenvalue weighted by molar-refractivity contribution is 7.90. The van der Waals surface area contributed by atoms with Gasteiger partial charge in [0.15, 0.2) is 0 Å². The molecule has 0 spiro atoms. The normalized spacial score (nSPS) is 12.2. The standard InChI is InChI=1S/C17H14ClFN2O3S/c1-2-15(11-3-6-14(19)7-4-11)17(22)21-25(23,24)16-8-5-13(18)9-12(16)10-20/h3-9,15H,2H2,1H3,(H,21,22)/t15-/m0/s1. The molecule has 1 N–H and O–H groups in total. The third kappa shape index (κ3) is 4.35. The topological polar surface area (TPSA) is 87.0 Å². The summed E-state index contributed by atoms with van der Waals surface area (Å²) in [5.74, 6) is -1.98. The molecule has 5 nitrogen and oxygen atoms in total. The molecule has 130 valence electrons. The first-order chi connectivity index (χ1) is 11.8. The number of benzene rings is 2. The zero-order valence-electron chi connectivity index (χ0n) is 13.2. The van der Waals surface area contributed by atoms with Gasteiger partial charge in [-0.15, -0.1) is 0 Å². The molecule has 0 aliphatic rings. The van der Waals surface area contributed by atoms with Crippen LogP contribution in [0.3, 0.4) is 0 Å². The first kappa shape index (κ1) is 18.9. The zero-order chi connectivity index (χ0) is 18.6. The molecule has 2 aromatic carbocycles. The second-order valence-electron chi connectivity index (χ2n) is 5.23. The Balaban J connectivity index is 2.32. The fraction of sp³-hybridized carbons (Fsp3) is 0.176. The summed E-state index contributed by atoms with van der Waals surface area (Å²) in [6.07, 6.45) is 0.318. The van der Waals surface area contributed by atoms with Crippen LogP contribution in [0.4, 0.5) is 4.39 Å². The van der Waals surface area contributed by atoms with Gasteiger partial charge in [0.1, 0.15) is 16.8 Å². The Labute approximate surface area is 150 Å². The fourth-order valence-electron chi connectivity index (χ4n) is 2.35. The van der Waals surface area contributed by atoms with Gasteiger partial charge in [0, 0.05) is 5.02 Å². The van der Waals surface area contributed by atoms with Crippen molar-refractivity contribution in [1.82, 2.24) is 4.72 Å². The van der Waals surface area contributed by atoms with Crippen molar-refractivity contribution in [3.8, 4) is 6.07 Å². The minimum Gasteiger partial charge on any atom is -0.273 e. The van der Waals surface area contributed by atoms with Crippen LogP contribution in [0.2, 0.25) is 5.02 Å². The van der Waals surface area contributed by atoms with E-state index in [9.17, 15) is 17.6 Å². The summed E-state index contributed by atoms with van der Waals surface area (Å²) < 4.78 is 39.9. The third-order valence-electron chi connectivity index (χ3n) is 3.58. The lowest BCUT2D eigenvalue weighted by atomic mass is 9.96. The summed E-state index contributed by atoms with van der Waals surface area (Å²) in [6, 6.07) is 10.7. The Morgan fingerprint density at radius 1 is 1.28 bits per heavy atom. The lowest BCUT2D eigenvalue weighted by Gasteiger charge is -2.16. The van der Waals surface area contributed by atoms with Crippen molar-refractivity contribution in [2.75, 3.05) is 0 Å². The van der Waals surface area contributed by atoms with Crippen LogP contribution in [0.1, 0.15) is 30.4 Å². The molecule has 0 unspecified atom stereocenters. The number of carbonyl (C=O) groups excluding carboxylic acids is 1. The summed E-state index contributed by atoms with van der Waals surface area (Å²) in [5.41, 5.74) is 0.329. The molecule has 0 aliphatic carbocycles. The molecule has 1 amide bonds. The summed E-state index contributed by atoms with van der Waals surface area (Å²) in [6.45, 7) is 1.71. The van der Waals surface area contributed by atoms with Crippen LogP contribution >= 0.6 is 11.6 Å². The second-order valence-corrected chi connectivity index (χ2v) is 7.32. The smallest absolute Gasteiger partial charge is 0.265 e. The Bertz CT molecular complexity index is 937. The average molecular weight is 381 g/mol. The summed E-state index contributed by atoms with van der Waals surface area (Å²) >= 11 is 5.75. The van der Waals surface area contributed by atoms with Crippen LogP contribution in [-0.4, -0.2) is 14.3 Å². The van der Waals surface area contributed by atoms with E-state index in [-0.39, 0.29) is 15.5 Å². The summed E-state index contributed by atoms with van der Waals surface area (Å²) in [4.78, 5) is 12.1. The Morgan fingerprint density at radius 2 is 1.92 bits per heavy atom. The Kier molecular flexibility index (Phi) is 5.77. The van der Waals surface area contributed by atoms with Crippen molar-refractivity contribution >= 4 is 27.5 Å². The molecule has 0 aromatic heterocycles. The Morgan fingerprint density at radius 3 is 2.48 bits per heavy atom. The van der Waals surface area contributed by atoms with E-state index in [1.54, 1.807) is 13.0 Å². The molecule has 0 fully saturated rings. The number of nitrogens with zero attached hydrogens (tertiary/aromatic N) is 1. The van der Waals surface area contributed by atoms with Gasteiger partial charge in [0.25, 0.3) is 10.0 Å². The minimum absolute atomic E-state index is 0.164. The molecular weight excluding hydrogens is 367 g/mol. The summed E-state index contributed by atoms with van der Waals surface area (Å²) in [5, 5.41) is 9.29. The molecule has 0 heterocycles. The molecule has 2 aromatic rings. The fourth-order valence-corrected chi connectivity index (χ4v) is 3.68. The summed E-state index contributed by atoms with van der Waals surface area (Å²) in [7, 11) is -4.25. The highest BCUT2D eigenvalue weighted by Gasteiger charge is 2.26. The van der Waals surface area contributed by atoms with Gasteiger partial charge in [-0.25, -0.2) is 17.5 Å². The average Bonchev–Trinajstić information content (AvgIpc) is 2.56. The van der Waals surface area contributed by atoms with Crippen molar-refractivity contribution in [1.29, 1.82) is 5.26 Å². The van der Waals surface area contributed by atoms with Crippen molar-refractivity contribution in [2.45, 2.75) is 24.2 Å². The maximum Gasteiger partial charge on any atom is 0.265 e. The van der Waals surface area contributed by atoms with Crippen molar-refractivity contribution in [3.05, 3.63) is 64.4 Å². The van der Waals surface area contributed by atoms with Crippen molar-refractivity contribution in [2.24, 2.45) is 0 Å². The number of carbonyl (C=O) groups is 1. The lowest BCUT2D eigenvalue weighted by molar-refractivity contribution is -0.120. The first-order valence-electron chi connectivity index (χ1n) is 7.30. The van der Waals surface area contributed by atoms with Gasteiger partial charge >= 0.3 is 0 Å². The highest BCUT2D eigenvalue weighted by atomic mass is 35.5. The van der Waals surface area contributed by atoms with E-state index in [0.29, 0.717) is 12.0 Å². The number of rotatable bonds is 5. The molecule has 8 heteroatoms. The van der Waals surface area contributed by atoms with Crippen LogP contribution in [0.15, 0.2) is 47.4 Å². The van der Waals surface area contributed by atoms with E-state index in [2.05, 4.69) is 0 Å². The molecule has 0 bridgehead atoms. The monoisotopic (exact) mass is 380 g/mol. The lowest BCUT2D eigenvalue weighted by Crippen LogP contribution is -2.35.